The molecule has 0 aromatic carbocycles. The second-order valence-corrected chi connectivity index (χ2v) is 11.8. The number of nitrogens with zero attached hydrogens (tertiary/aromatic N) is 1. The third-order valence-electron chi connectivity index (χ3n) is 4.90. The lowest BCUT2D eigenvalue weighted by molar-refractivity contribution is -0.0379. The Morgan fingerprint density at radius 2 is 1.84 bits per heavy atom. The molecule has 0 bridgehead atoms. The predicted octanol–water partition coefficient (Wildman–Crippen LogP) is 1.64. The molecule has 0 saturated heterocycles. The molecule has 31 heavy (non-hydrogen) atoms. The number of phosphoric acid groups is 1. The van der Waals surface area contributed by atoms with Crippen molar-refractivity contribution in [1.29, 1.82) is 0 Å². The number of rotatable bonds is 9. The van der Waals surface area contributed by atoms with Crippen molar-refractivity contribution >= 4 is 15.4 Å². The van der Waals surface area contributed by atoms with Crippen LogP contribution < -0.4 is 11.2 Å². The first-order valence-corrected chi connectivity index (χ1v) is 12.9. The van der Waals surface area contributed by atoms with Crippen LogP contribution in [0.25, 0.3) is 0 Å². The highest BCUT2D eigenvalue weighted by Crippen LogP contribution is 2.54. The Hall–Kier alpha value is -1.10. The molecule has 2 rings (SSSR count). The highest BCUT2D eigenvalue weighted by atomic mass is 31.2. The van der Waals surface area contributed by atoms with E-state index in [1.807, 2.05) is 0 Å². The van der Waals surface area contributed by atoms with Gasteiger partial charge < -0.3 is 19.0 Å². The summed E-state index contributed by atoms with van der Waals surface area (Å²) in [5, 5.41) is 0. The maximum atomic E-state index is 12.6. The lowest BCUT2D eigenvalue weighted by atomic mass is 10.0. The first-order chi connectivity index (χ1) is 14.2. The maximum absolute atomic E-state index is 12.6. The van der Waals surface area contributed by atoms with Gasteiger partial charge in [0, 0.05) is 26.5 Å². The van der Waals surface area contributed by atoms with E-state index in [4.69, 9.17) is 13.8 Å². The van der Waals surface area contributed by atoms with Gasteiger partial charge >= 0.3 is 21.1 Å². The standard InChI is InChI=1S/C17H30N2O10P2/c1-17(2,3)29-31(24,25)28-15-12(19-8-6-13(20)18-16(19)21)10-11(14(15)26-4)7-9-30(22,23)27-5/h6,8,11-12,14-15H,7,9-10H2,1-5H3,(H,22,23)(H,24,25)(H,18,20,21)/t11-,12?,14+,15-/m0/s1. The van der Waals surface area contributed by atoms with Gasteiger partial charge in [0.15, 0.2) is 0 Å². The van der Waals surface area contributed by atoms with Gasteiger partial charge in [0.1, 0.15) is 6.10 Å². The van der Waals surface area contributed by atoms with Crippen LogP contribution in [0, 0.1) is 5.92 Å². The number of aromatic nitrogens is 2. The normalized spacial score (nSPS) is 28.2. The molecule has 1 aromatic heterocycles. The molecule has 0 radical (unpaired) electrons. The Morgan fingerprint density at radius 1 is 1.19 bits per heavy atom. The Morgan fingerprint density at radius 3 is 2.35 bits per heavy atom. The summed E-state index contributed by atoms with van der Waals surface area (Å²) in [4.78, 5) is 46.0. The van der Waals surface area contributed by atoms with Gasteiger partial charge in [-0.1, -0.05) is 0 Å². The Bertz CT molecular complexity index is 969. The maximum Gasteiger partial charge on any atom is 0.473 e. The molecule has 14 heteroatoms. The summed E-state index contributed by atoms with van der Waals surface area (Å²) in [7, 11) is -5.88. The molecular formula is C17H30N2O10P2. The quantitative estimate of drug-likeness (QED) is 0.439. The summed E-state index contributed by atoms with van der Waals surface area (Å²) in [5.41, 5.74) is -2.31. The molecule has 1 aromatic rings. The van der Waals surface area contributed by atoms with E-state index in [0.717, 1.165) is 13.2 Å². The zero-order valence-corrected chi connectivity index (χ0v) is 19.9. The van der Waals surface area contributed by atoms with Crippen molar-refractivity contribution in [2.45, 2.75) is 57.5 Å². The molecular weight excluding hydrogens is 454 g/mol. The number of H-pyrrole nitrogens is 1. The van der Waals surface area contributed by atoms with Crippen LogP contribution in [-0.4, -0.2) is 57.5 Å². The van der Waals surface area contributed by atoms with Gasteiger partial charge in [-0.3, -0.25) is 28.0 Å². The van der Waals surface area contributed by atoms with Crippen molar-refractivity contribution in [2.24, 2.45) is 5.92 Å². The lowest BCUT2D eigenvalue weighted by Gasteiger charge is -2.30. The third-order valence-corrected chi connectivity index (χ3v) is 7.59. The van der Waals surface area contributed by atoms with E-state index in [9.17, 15) is 28.5 Å². The highest BCUT2D eigenvalue weighted by Gasteiger charge is 2.49. The van der Waals surface area contributed by atoms with E-state index in [-0.39, 0.29) is 19.0 Å². The molecule has 6 atom stereocenters. The monoisotopic (exact) mass is 484 g/mol. The van der Waals surface area contributed by atoms with E-state index in [1.165, 1.54) is 17.9 Å². The van der Waals surface area contributed by atoms with Crippen molar-refractivity contribution in [3.63, 3.8) is 0 Å². The molecule has 12 nitrogen and oxygen atoms in total. The second kappa shape index (κ2) is 9.80. The number of nitrogens with one attached hydrogen (secondary N) is 1. The summed E-state index contributed by atoms with van der Waals surface area (Å²) in [6.07, 6.45) is -0.444. The van der Waals surface area contributed by atoms with Crippen molar-refractivity contribution in [2.75, 3.05) is 20.4 Å². The van der Waals surface area contributed by atoms with Crippen molar-refractivity contribution in [3.05, 3.63) is 33.1 Å². The van der Waals surface area contributed by atoms with E-state index >= 15 is 0 Å². The summed E-state index contributed by atoms with van der Waals surface area (Å²) in [5.74, 6) is -0.413. The molecule has 1 heterocycles. The average Bonchev–Trinajstić information content (AvgIpc) is 2.94. The molecule has 178 valence electrons. The third kappa shape index (κ3) is 7.20. The first-order valence-electron chi connectivity index (χ1n) is 9.62. The summed E-state index contributed by atoms with van der Waals surface area (Å²) in [6, 6.07) is 0.342. The molecule has 0 amide bonds. The van der Waals surface area contributed by atoms with Gasteiger partial charge in [-0.15, -0.1) is 0 Å². The smallest absolute Gasteiger partial charge is 0.378 e. The molecule has 1 aliphatic carbocycles. The van der Waals surface area contributed by atoms with Crippen LogP contribution in [0.3, 0.4) is 0 Å². The molecule has 1 saturated carbocycles. The fourth-order valence-corrected chi connectivity index (χ4v) is 5.85. The largest absolute Gasteiger partial charge is 0.473 e. The van der Waals surface area contributed by atoms with Crippen LogP contribution in [0.15, 0.2) is 21.9 Å². The van der Waals surface area contributed by atoms with Gasteiger partial charge in [-0.05, 0) is 39.5 Å². The SMILES string of the molecule is CO[C@@H]1[C@@H](CCP(=O)(O)OC)CC(n2ccc(=O)[nH]c2=O)[C@@H]1OP(=O)(O)OC(C)(C)C. The van der Waals surface area contributed by atoms with Crippen LogP contribution in [0.4, 0.5) is 0 Å². The van der Waals surface area contributed by atoms with Gasteiger partial charge in [0.05, 0.1) is 23.9 Å². The molecule has 3 N–H and O–H groups in total. The molecule has 1 fully saturated rings. The minimum atomic E-state index is -4.58. The summed E-state index contributed by atoms with van der Waals surface area (Å²) >= 11 is 0. The molecule has 1 aliphatic rings. The van der Waals surface area contributed by atoms with Gasteiger partial charge in [0.2, 0.25) is 0 Å². The second-order valence-electron chi connectivity index (χ2n) is 8.36. The number of hydrogen-bond donors (Lipinski definition) is 3. The minimum Gasteiger partial charge on any atom is -0.378 e. The number of hydrogen-bond acceptors (Lipinski definition) is 8. The van der Waals surface area contributed by atoms with E-state index in [0.29, 0.717) is 0 Å². The Kier molecular flexibility index (Phi) is 8.27. The number of methoxy groups -OCH3 is 1. The van der Waals surface area contributed by atoms with Crippen molar-refractivity contribution in [3.8, 4) is 0 Å². The zero-order chi connectivity index (χ0) is 23.6. The Balaban J connectivity index is 2.41. The van der Waals surface area contributed by atoms with Gasteiger partial charge in [0.25, 0.3) is 5.56 Å². The average molecular weight is 484 g/mol. The summed E-state index contributed by atoms with van der Waals surface area (Å²) < 4.78 is 46.5. The van der Waals surface area contributed by atoms with Crippen molar-refractivity contribution in [1.82, 2.24) is 9.55 Å². The molecule has 0 aliphatic heterocycles. The fourth-order valence-electron chi connectivity index (χ4n) is 3.71. The molecule has 0 spiro atoms. The van der Waals surface area contributed by atoms with Crippen LogP contribution in [0.2, 0.25) is 0 Å². The van der Waals surface area contributed by atoms with Gasteiger partial charge in [-0.25, -0.2) is 9.36 Å². The fraction of sp³-hybridized carbons (Fsp3) is 0.765. The Labute approximate surface area is 179 Å². The number of phosphoric ester groups is 1. The van der Waals surface area contributed by atoms with Crippen LogP contribution >= 0.6 is 15.4 Å². The highest BCUT2D eigenvalue weighted by molar-refractivity contribution is 7.52. The number of ether oxygens (including phenoxy) is 1. The van der Waals surface area contributed by atoms with E-state index < -0.39 is 56.4 Å². The topological polar surface area (TPSA) is 166 Å². The zero-order valence-electron chi connectivity index (χ0n) is 18.1. The van der Waals surface area contributed by atoms with Gasteiger partial charge in [-0.2, -0.15) is 0 Å². The minimum absolute atomic E-state index is 0.171. The van der Waals surface area contributed by atoms with Crippen molar-refractivity contribution < 1.29 is 37.2 Å². The van der Waals surface area contributed by atoms with E-state index in [1.54, 1.807) is 20.8 Å². The first kappa shape index (κ1) is 26.2. The predicted molar refractivity (Wildman–Crippen MR) is 111 cm³/mol. The lowest BCUT2D eigenvalue weighted by Crippen LogP contribution is -2.39. The van der Waals surface area contributed by atoms with Crippen LogP contribution in [0.5, 0.6) is 0 Å². The number of aromatic amines is 1. The van der Waals surface area contributed by atoms with Crippen LogP contribution in [0.1, 0.15) is 39.7 Å². The van der Waals surface area contributed by atoms with E-state index in [2.05, 4.69) is 9.51 Å². The van der Waals surface area contributed by atoms with Crippen LogP contribution in [-0.2, 0) is 27.4 Å². The molecule has 3 unspecified atom stereocenters. The summed E-state index contributed by atoms with van der Waals surface area (Å²) in [6.45, 7) is 4.74.